The smallest absolute Gasteiger partial charge is 0.256 e. The molecule has 2 atom stereocenters. The first-order valence-corrected chi connectivity index (χ1v) is 9.69. The number of amides is 1. The molecule has 1 amide bonds. The van der Waals surface area contributed by atoms with Gasteiger partial charge in [-0.05, 0) is 69.2 Å². The number of anilines is 1. The minimum absolute atomic E-state index is 0.0139. The van der Waals surface area contributed by atoms with Gasteiger partial charge in [0.2, 0.25) is 0 Å². The largest absolute Gasteiger partial charge is 0.493 e. The van der Waals surface area contributed by atoms with E-state index in [0.717, 1.165) is 55.7 Å². The van der Waals surface area contributed by atoms with Gasteiger partial charge in [0.05, 0.1) is 6.61 Å². The summed E-state index contributed by atoms with van der Waals surface area (Å²) in [4.78, 5) is 13.0. The Labute approximate surface area is 152 Å². The fourth-order valence-corrected chi connectivity index (χ4v) is 3.64. The molecule has 2 unspecified atom stereocenters. The van der Waals surface area contributed by atoms with Crippen LogP contribution >= 0.6 is 0 Å². The summed E-state index contributed by atoms with van der Waals surface area (Å²) in [5, 5.41) is 3.07. The van der Waals surface area contributed by atoms with Crippen molar-refractivity contribution < 1.29 is 14.3 Å². The number of benzene rings is 1. The van der Waals surface area contributed by atoms with Crippen LogP contribution in [0.4, 0.5) is 5.69 Å². The van der Waals surface area contributed by atoms with Crippen LogP contribution in [0, 0.1) is 12.8 Å². The van der Waals surface area contributed by atoms with Crippen LogP contribution in [-0.2, 0) is 9.53 Å². The van der Waals surface area contributed by atoms with Crippen LogP contribution in [0.1, 0.15) is 64.9 Å². The predicted octanol–water partition coefficient (Wildman–Crippen LogP) is 5.10. The van der Waals surface area contributed by atoms with Gasteiger partial charge in [-0.3, -0.25) is 4.79 Å². The van der Waals surface area contributed by atoms with Crippen molar-refractivity contribution in [3.8, 4) is 5.75 Å². The lowest BCUT2D eigenvalue weighted by Gasteiger charge is -2.38. The summed E-state index contributed by atoms with van der Waals surface area (Å²) in [6.45, 7) is 9.61. The standard InChI is InChI=1S/C21H33NO3/c1-5-7-13-24-19-11-10-18(14-17(19)4)22-20(23)21(25-6-2)12-8-9-16(3)15-21/h10-11,14,16H,5-9,12-13,15H2,1-4H3,(H,22,23). The Morgan fingerprint density at radius 2 is 2.16 bits per heavy atom. The summed E-state index contributed by atoms with van der Waals surface area (Å²) in [7, 11) is 0. The Hall–Kier alpha value is -1.55. The molecule has 2 rings (SSSR count). The molecule has 0 aliphatic heterocycles. The number of rotatable bonds is 8. The van der Waals surface area contributed by atoms with Crippen LogP contribution in [-0.4, -0.2) is 24.7 Å². The number of nitrogens with one attached hydrogen (secondary N) is 1. The van der Waals surface area contributed by atoms with Crippen molar-refractivity contribution in [2.75, 3.05) is 18.5 Å². The van der Waals surface area contributed by atoms with Crippen molar-refractivity contribution in [2.45, 2.75) is 71.8 Å². The molecule has 0 aromatic heterocycles. The summed E-state index contributed by atoms with van der Waals surface area (Å²) in [5.41, 5.74) is 1.16. The molecule has 0 heterocycles. The molecule has 0 bridgehead atoms. The number of aryl methyl sites for hydroxylation is 1. The topological polar surface area (TPSA) is 47.6 Å². The third kappa shape index (κ3) is 5.21. The zero-order valence-electron chi connectivity index (χ0n) is 16.2. The van der Waals surface area contributed by atoms with Gasteiger partial charge in [0.15, 0.2) is 0 Å². The predicted molar refractivity (Wildman–Crippen MR) is 102 cm³/mol. The Balaban J connectivity index is 2.06. The third-order valence-corrected chi connectivity index (χ3v) is 4.98. The van der Waals surface area contributed by atoms with E-state index in [0.29, 0.717) is 12.5 Å². The van der Waals surface area contributed by atoms with E-state index in [4.69, 9.17) is 9.47 Å². The Morgan fingerprint density at radius 1 is 1.36 bits per heavy atom. The molecule has 1 aliphatic carbocycles. The SMILES string of the molecule is CCCCOc1ccc(NC(=O)C2(OCC)CCCC(C)C2)cc1C. The van der Waals surface area contributed by atoms with Crippen LogP contribution in [0.2, 0.25) is 0 Å². The minimum Gasteiger partial charge on any atom is -0.493 e. The van der Waals surface area contributed by atoms with Crippen LogP contribution in [0.3, 0.4) is 0 Å². The highest BCUT2D eigenvalue weighted by molar-refractivity contribution is 5.97. The fraction of sp³-hybridized carbons (Fsp3) is 0.667. The molecule has 25 heavy (non-hydrogen) atoms. The van der Waals surface area contributed by atoms with Crippen molar-refractivity contribution >= 4 is 11.6 Å². The first kappa shape index (κ1) is 19.8. The van der Waals surface area contributed by atoms with Gasteiger partial charge in [0, 0.05) is 12.3 Å². The average molecular weight is 347 g/mol. The summed E-state index contributed by atoms with van der Waals surface area (Å²) in [5.74, 6) is 1.39. The molecule has 140 valence electrons. The maximum atomic E-state index is 13.0. The van der Waals surface area contributed by atoms with E-state index in [1.165, 1.54) is 6.42 Å². The zero-order valence-corrected chi connectivity index (χ0v) is 16.2. The van der Waals surface area contributed by atoms with E-state index in [9.17, 15) is 4.79 Å². The first-order chi connectivity index (χ1) is 12.0. The molecule has 1 saturated carbocycles. The summed E-state index contributed by atoms with van der Waals surface area (Å²) < 4.78 is 11.7. The molecule has 1 fully saturated rings. The van der Waals surface area contributed by atoms with E-state index in [2.05, 4.69) is 19.2 Å². The number of carbonyl (C=O) groups is 1. The van der Waals surface area contributed by atoms with Gasteiger partial charge < -0.3 is 14.8 Å². The molecule has 1 N–H and O–H groups in total. The molecule has 0 radical (unpaired) electrons. The lowest BCUT2D eigenvalue weighted by Crippen LogP contribution is -2.48. The number of unbranched alkanes of at least 4 members (excludes halogenated alkanes) is 1. The molecule has 0 spiro atoms. The molecular weight excluding hydrogens is 314 g/mol. The Bertz CT molecular complexity index is 568. The first-order valence-electron chi connectivity index (χ1n) is 9.69. The van der Waals surface area contributed by atoms with Crippen molar-refractivity contribution in [3.05, 3.63) is 23.8 Å². The number of hydrogen-bond acceptors (Lipinski definition) is 3. The van der Waals surface area contributed by atoms with Gasteiger partial charge >= 0.3 is 0 Å². The maximum absolute atomic E-state index is 13.0. The second-order valence-electron chi connectivity index (χ2n) is 7.27. The van der Waals surface area contributed by atoms with Crippen molar-refractivity contribution in [2.24, 2.45) is 5.92 Å². The molecule has 1 aliphatic rings. The van der Waals surface area contributed by atoms with Crippen LogP contribution in [0.25, 0.3) is 0 Å². The number of hydrogen-bond donors (Lipinski definition) is 1. The van der Waals surface area contributed by atoms with Crippen molar-refractivity contribution in [1.82, 2.24) is 0 Å². The molecule has 4 nitrogen and oxygen atoms in total. The molecule has 0 saturated heterocycles. The average Bonchev–Trinajstić information content (AvgIpc) is 2.57. The quantitative estimate of drug-likeness (QED) is 0.666. The van der Waals surface area contributed by atoms with Gasteiger partial charge in [0.25, 0.3) is 5.91 Å². The Kier molecular flexibility index (Phi) is 7.30. The van der Waals surface area contributed by atoms with Crippen LogP contribution in [0.5, 0.6) is 5.75 Å². The Morgan fingerprint density at radius 3 is 2.80 bits per heavy atom. The maximum Gasteiger partial charge on any atom is 0.256 e. The van der Waals surface area contributed by atoms with E-state index in [1.54, 1.807) is 0 Å². The van der Waals surface area contributed by atoms with E-state index in [1.807, 2.05) is 32.0 Å². The van der Waals surface area contributed by atoms with Gasteiger partial charge in [-0.1, -0.05) is 26.7 Å². The fourth-order valence-electron chi connectivity index (χ4n) is 3.64. The molecule has 4 heteroatoms. The van der Waals surface area contributed by atoms with Crippen LogP contribution < -0.4 is 10.1 Å². The van der Waals surface area contributed by atoms with Crippen molar-refractivity contribution in [3.63, 3.8) is 0 Å². The summed E-state index contributed by atoms with van der Waals surface area (Å²) in [6, 6.07) is 5.83. The lowest BCUT2D eigenvalue weighted by molar-refractivity contribution is -0.147. The minimum atomic E-state index is -0.684. The van der Waals surface area contributed by atoms with E-state index in [-0.39, 0.29) is 5.91 Å². The molecular formula is C21H33NO3. The number of carbonyl (C=O) groups excluding carboxylic acids is 1. The summed E-state index contributed by atoms with van der Waals surface area (Å²) in [6.07, 6.45) is 5.97. The number of ether oxygens (including phenoxy) is 2. The van der Waals surface area contributed by atoms with Crippen LogP contribution in [0.15, 0.2) is 18.2 Å². The highest BCUT2D eigenvalue weighted by Gasteiger charge is 2.42. The summed E-state index contributed by atoms with van der Waals surface area (Å²) >= 11 is 0. The van der Waals surface area contributed by atoms with Gasteiger partial charge in [-0.2, -0.15) is 0 Å². The van der Waals surface area contributed by atoms with E-state index >= 15 is 0 Å². The second kappa shape index (κ2) is 9.23. The third-order valence-electron chi connectivity index (χ3n) is 4.98. The molecule has 1 aromatic carbocycles. The monoisotopic (exact) mass is 347 g/mol. The normalized spacial score (nSPS) is 23.3. The highest BCUT2D eigenvalue weighted by atomic mass is 16.5. The van der Waals surface area contributed by atoms with Crippen molar-refractivity contribution in [1.29, 1.82) is 0 Å². The van der Waals surface area contributed by atoms with E-state index < -0.39 is 5.60 Å². The van der Waals surface area contributed by atoms with Gasteiger partial charge in [-0.25, -0.2) is 0 Å². The highest BCUT2D eigenvalue weighted by Crippen LogP contribution is 2.36. The molecule has 1 aromatic rings. The second-order valence-corrected chi connectivity index (χ2v) is 7.27. The van der Waals surface area contributed by atoms with Gasteiger partial charge in [-0.15, -0.1) is 0 Å². The van der Waals surface area contributed by atoms with Gasteiger partial charge in [0.1, 0.15) is 11.4 Å². The zero-order chi connectivity index (χ0) is 18.3. The lowest BCUT2D eigenvalue weighted by atomic mass is 9.78.